The monoisotopic (exact) mass is 230 g/mol. The Hall–Kier alpha value is -1.62. The van der Waals surface area contributed by atoms with Gasteiger partial charge >= 0.3 is 6.23 Å². The minimum absolute atomic E-state index is 0.542. The molecule has 82 valence electrons. The second-order valence-electron chi connectivity index (χ2n) is 4.45. The Bertz CT molecular complexity index is 434. The number of rotatable bonds is 3. The van der Waals surface area contributed by atoms with Crippen molar-refractivity contribution in [2.75, 3.05) is 0 Å². The van der Waals surface area contributed by atoms with Gasteiger partial charge in [-0.25, -0.2) is 6.57 Å². The SMILES string of the molecule is [C-]#[N+]C(O[Si](C)(C)C)c1ccc(C#N)cc1. The third-order valence-electron chi connectivity index (χ3n) is 1.91. The zero-order valence-electron chi connectivity index (χ0n) is 9.69. The van der Waals surface area contributed by atoms with Crippen LogP contribution in [0, 0.1) is 17.9 Å². The summed E-state index contributed by atoms with van der Waals surface area (Å²) in [6.07, 6.45) is -0.542. The fraction of sp³-hybridized carbons (Fsp3) is 0.333. The van der Waals surface area contributed by atoms with Crippen LogP contribution in [0.2, 0.25) is 19.6 Å². The number of hydrogen-bond donors (Lipinski definition) is 0. The van der Waals surface area contributed by atoms with E-state index in [2.05, 4.69) is 24.5 Å². The van der Waals surface area contributed by atoms with Gasteiger partial charge in [0, 0.05) is 0 Å². The number of nitrogens with zero attached hydrogens (tertiary/aromatic N) is 2. The van der Waals surface area contributed by atoms with Gasteiger partial charge in [0.05, 0.1) is 17.2 Å². The fourth-order valence-corrected chi connectivity index (χ4v) is 2.08. The maximum Gasteiger partial charge on any atom is 0.345 e. The van der Waals surface area contributed by atoms with Crippen molar-refractivity contribution in [1.82, 2.24) is 0 Å². The highest BCUT2D eigenvalue weighted by Gasteiger charge is 2.25. The summed E-state index contributed by atoms with van der Waals surface area (Å²) in [5.74, 6) is 0. The zero-order chi connectivity index (χ0) is 12.2. The standard InChI is InChI=1S/C12H14N2OSi/c1-14-12(15-16(2,3)4)11-7-5-10(9-13)6-8-11/h5-8,12H,2-4H3. The third-order valence-corrected chi connectivity index (χ3v) is 2.84. The molecule has 0 radical (unpaired) electrons. The maximum absolute atomic E-state index is 8.68. The van der Waals surface area contributed by atoms with Crippen LogP contribution >= 0.6 is 0 Å². The molecule has 0 amide bonds. The molecule has 0 fully saturated rings. The predicted octanol–water partition coefficient (Wildman–Crippen LogP) is 3.33. The molecule has 0 spiro atoms. The van der Waals surface area contributed by atoms with Crippen LogP contribution in [0.25, 0.3) is 4.85 Å². The summed E-state index contributed by atoms with van der Waals surface area (Å²) in [7, 11) is -1.72. The molecule has 0 aromatic heterocycles. The first-order valence-corrected chi connectivity index (χ1v) is 8.41. The molecule has 16 heavy (non-hydrogen) atoms. The van der Waals surface area contributed by atoms with Gasteiger partial charge in [0.25, 0.3) is 0 Å². The van der Waals surface area contributed by atoms with E-state index in [9.17, 15) is 0 Å². The molecule has 0 aliphatic heterocycles. The second-order valence-corrected chi connectivity index (χ2v) is 8.91. The molecule has 0 saturated carbocycles. The Morgan fingerprint density at radius 3 is 2.25 bits per heavy atom. The van der Waals surface area contributed by atoms with Gasteiger partial charge in [0.15, 0.2) is 8.32 Å². The lowest BCUT2D eigenvalue weighted by atomic mass is 10.1. The van der Waals surface area contributed by atoms with Crippen molar-refractivity contribution in [2.24, 2.45) is 0 Å². The van der Waals surface area contributed by atoms with Crippen LogP contribution < -0.4 is 0 Å². The highest BCUT2D eigenvalue weighted by atomic mass is 28.4. The van der Waals surface area contributed by atoms with Gasteiger partial charge in [-0.3, -0.25) is 4.85 Å². The molecule has 3 nitrogen and oxygen atoms in total. The molecule has 4 heteroatoms. The summed E-state index contributed by atoms with van der Waals surface area (Å²) in [6, 6.07) is 9.03. The highest BCUT2D eigenvalue weighted by Crippen LogP contribution is 2.23. The largest absolute Gasteiger partial charge is 0.349 e. The van der Waals surface area contributed by atoms with Gasteiger partial charge in [-0.15, -0.1) is 0 Å². The lowest BCUT2D eigenvalue weighted by Crippen LogP contribution is -2.26. The van der Waals surface area contributed by atoms with E-state index in [4.69, 9.17) is 16.3 Å². The summed E-state index contributed by atoms with van der Waals surface area (Å²) >= 11 is 0. The quantitative estimate of drug-likeness (QED) is 0.590. The van der Waals surface area contributed by atoms with Crippen LogP contribution in [-0.2, 0) is 4.43 Å². The number of hydrogen-bond acceptors (Lipinski definition) is 2. The Labute approximate surface area is 97.2 Å². The van der Waals surface area contributed by atoms with Crippen molar-refractivity contribution in [3.05, 3.63) is 46.8 Å². The van der Waals surface area contributed by atoms with Crippen LogP contribution in [-0.4, -0.2) is 8.32 Å². The average molecular weight is 230 g/mol. The molecule has 0 N–H and O–H groups in total. The Kier molecular flexibility index (Phi) is 3.84. The van der Waals surface area contributed by atoms with E-state index in [1.54, 1.807) is 24.3 Å². The van der Waals surface area contributed by atoms with Gasteiger partial charge in [-0.1, -0.05) is 0 Å². The van der Waals surface area contributed by atoms with Crippen molar-refractivity contribution in [1.29, 1.82) is 5.26 Å². The lowest BCUT2D eigenvalue weighted by Gasteiger charge is -2.18. The molecule has 1 unspecified atom stereocenters. The Morgan fingerprint density at radius 1 is 1.31 bits per heavy atom. The highest BCUT2D eigenvalue weighted by molar-refractivity contribution is 6.69. The average Bonchev–Trinajstić information content (AvgIpc) is 2.25. The molecular formula is C12H14N2OSi. The summed E-state index contributed by atoms with van der Waals surface area (Å²) in [6.45, 7) is 13.3. The van der Waals surface area contributed by atoms with Gasteiger partial charge in [-0.05, 0) is 43.9 Å². The van der Waals surface area contributed by atoms with Crippen LogP contribution in [0.4, 0.5) is 0 Å². The summed E-state index contributed by atoms with van der Waals surface area (Å²) < 4.78 is 5.75. The fourth-order valence-electron chi connectivity index (χ4n) is 1.23. The molecule has 1 aromatic rings. The van der Waals surface area contributed by atoms with Crippen molar-refractivity contribution < 1.29 is 4.43 Å². The van der Waals surface area contributed by atoms with E-state index in [1.807, 2.05) is 6.07 Å². The molecule has 0 saturated heterocycles. The Balaban J connectivity index is 2.89. The van der Waals surface area contributed by atoms with Crippen LogP contribution in [0.1, 0.15) is 17.4 Å². The van der Waals surface area contributed by atoms with E-state index in [-0.39, 0.29) is 0 Å². The lowest BCUT2D eigenvalue weighted by molar-refractivity contribution is 0.245. The van der Waals surface area contributed by atoms with E-state index in [1.165, 1.54) is 0 Å². The summed E-state index contributed by atoms with van der Waals surface area (Å²) in [5.41, 5.74) is 1.41. The first kappa shape index (κ1) is 12.4. The van der Waals surface area contributed by atoms with E-state index < -0.39 is 14.5 Å². The minimum atomic E-state index is -1.72. The molecule has 0 bridgehead atoms. The molecule has 0 heterocycles. The molecule has 0 aliphatic rings. The molecule has 1 aromatic carbocycles. The van der Waals surface area contributed by atoms with Crippen molar-refractivity contribution in [3.63, 3.8) is 0 Å². The van der Waals surface area contributed by atoms with Gasteiger partial charge in [0.2, 0.25) is 0 Å². The van der Waals surface area contributed by atoms with E-state index in [0.29, 0.717) is 5.56 Å². The smallest absolute Gasteiger partial charge is 0.345 e. The minimum Gasteiger partial charge on any atom is -0.349 e. The van der Waals surface area contributed by atoms with Gasteiger partial charge < -0.3 is 4.43 Å². The van der Waals surface area contributed by atoms with E-state index >= 15 is 0 Å². The first-order chi connectivity index (χ1) is 7.46. The summed E-state index contributed by atoms with van der Waals surface area (Å²) in [4.78, 5) is 3.48. The zero-order valence-corrected chi connectivity index (χ0v) is 10.7. The molecule has 1 rings (SSSR count). The topological polar surface area (TPSA) is 37.4 Å². The predicted molar refractivity (Wildman–Crippen MR) is 64.9 cm³/mol. The molecule has 1 atom stereocenters. The third kappa shape index (κ3) is 3.51. The normalized spacial score (nSPS) is 12.6. The van der Waals surface area contributed by atoms with Crippen LogP contribution in [0.15, 0.2) is 24.3 Å². The van der Waals surface area contributed by atoms with Crippen molar-refractivity contribution in [2.45, 2.75) is 25.9 Å². The van der Waals surface area contributed by atoms with Crippen molar-refractivity contribution >= 4 is 8.32 Å². The molecule has 0 aliphatic carbocycles. The van der Waals surface area contributed by atoms with Crippen molar-refractivity contribution in [3.8, 4) is 6.07 Å². The number of benzene rings is 1. The second kappa shape index (κ2) is 4.94. The maximum atomic E-state index is 8.68. The molecular weight excluding hydrogens is 216 g/mol. The van der Waals surface area contributed by atoms with Crippen LogP contribution in [0.3, 0.4) is 0 Å². The first-order valence-electron chi connectivity index (χ1n) is 5.01. The van der Waals surface area contributed by atoms with Gasteiger partial charge in [0.1, 0.15) is 0 Å². The van der Waals surface area contributed by atoms with E-state index in [0.717, 1.165) is 5.56 Å². The number of nitriles is 1. The van der Waals surface area contributed by atoms with Crippen LogP contribution in [0.5, 0.6) is 0 Å². The Morgan fingerprint density at radius 2 is 1.88 bits per heavy atom. The van der Waals surface area contributed by atoms with Gasteiger partial charge in [-0.2, -0.15) is 5.26 Å². The summed E-state index contributed by atoms with van der Waals surface area (Å²) in [5, 5.41) is 8.68.